The summed E-state index contributed by atoms with van der Waals surface area (Å²) in [6.07, 6.45) is 120. The van der Waals surface area contributed by atoms with Crippen molar-refractivity contribution in [2.75, 3.05) is 0 Å². The van der Waals surface area contributed by atoms with Gasteiger partial charge in [0.25, 0.3) is 0 Å². The Morgan fingerprint density at radius 1 is 0.172 bits per heavy atom. The second kappa shape index (κ2) is 42.0. The quantitative estimate of drug-likeness (QED) is 0.0355. The molecule has 35 rings (SSSR count). The van der Waals surface area contributed by atoms with E-state index in [-0.39, 0.29) is 0 Å². The van der Waals surface area contributed by atoms with Gasteiger partial charge in [-0.25, -0.2) is 0 Å². The summed E-state index contributed by atoms with van der Waals surface area (Å²) in [6.45, 7) is 9.29. The highest BCUT2D eigenvalue weighted by molar-refractivity contribution is 5.33. The Balaban J connectivity index is 0.0000000807. The Bertz CT molecular complexity index is 5050. The molecule has 3 aromatic rings. The third-order valence-corrected chi connectivity index (χ3v) is 53.8. The van der Waals surface area contributed by atoms with Gasteiger partial charge in [0.15, 0.2) is 0 Å². The zero-order chi connectivity index (χ0) is 96.2. The molecular formula is C145H202. The van der Waals surface area contributed by atoms with Crippen molar-refractivity contribution in [1.82, 2.24) is 0 Å². The molecule has 24 saturated carbocycles. The summed E-state index contributed by atoms with van der Waals surface area (Å²) in [5.41, 5.74) is 4.73. The Kier molecular flexibility index (Phi) is 28.3. The Morgan fingerprint density at radius 2 is 0.400 bits per heavy atom. The van der Waals surface area contributed by atoms with Crippen molar-refractivity contribution in [3.05, 3.63) is 205 Å². The number of benzene rings is 3. The van der Waals surface area contributed by atoms with Crippen molar-refractivity contribution in [2.45, 2.75) is 367 Å². The van der Waals surface area contributed by atoms with Crippen LogP contribution in [0.3, 0.4) is 0 Å². The molecule has 32 aliphatic rings. The van der Waals surface area contributed by atoms with Crippen molar-refractivity contribution in [1.29, 1.82) is 0 Å². The maximum Gasteiger partial charge on any atom is -0.0128 e. The van der Waals surface area contributed by atoms with Gasteiger partial charge in [0.1, 0.15) is 0 Å². The van der Waals surface area contributed by atoms with E-state index in [0.29, 0.717) is 0 Å². The van der Waals surface area contributed by atoms with Gasteiger partial charge >= 0.3 is 0 Å². The molecular weight excluding hydrogens is 1740 g/mol. The maximum absolute atomic E-state index is 2.60. The van der Waals surface area contributed by atoms with E-state index in [0.717, 1.165) is 325 Å². The monoisotopic (exact) mass is 1940 g/mol. The second-order valence-corrected chi connectivity index (χ2v) is 59.5. The Labute approximate surface area is 885 Å². The normalized spacial score (nSPS) is 50.4. The zero-order valence-corrected chi connectivity index (χ0v) is 91.9. The van der Waals surface area contributed by atoms with Crippen LogP contribution in [0.4, 0.5) is 0 Å². The SMILES string of the molecule is C1=CC2CC1C1C3CC(CCc4ccccc4)C(C3)C21.C1=CC2CC1C1C3CC(Cc4ccccc4)C(C3)C21.C1=CC2CC1C1C3CC(c4ccccc4)C(C3)C21.C1=CC2CC1C1C3CCC(C3)C21.CCCCC1CC2CC1C1C3C=CC(C3)C21.CCCCCCC1CC2CC1C1C3C=CC(C3)C21.CCCCCCCCC1CC2CC1C1C3C=CC(C3)C21.CCCCCCCCCCC1CC2CC1C1C3C=CC(C3)C21. The molecule has 24 fully saturated rings. The van der Waals surface area contributed by atoms with Crippen LogP contribution in [-0.2, 0) is 12.8 Å². The summed E-state index contributed by atoms with van der Waals surface area (Å²) in [7, 11) is 0. The number of hydrogen-bond acceptors (Lipinski definition) is 0. The van der Waals surface area contributed by atoms with Crippen LogP contribution in [0.25, 0.3) is 0 Å². The first-order chi connectivity index (χ1) is 71.7. The number of aryl methyl sites for hydroxylation is 1. The molecule has 32 aliphatic carbocycles. The molecule has 145 heavy (non-hydrogen) atoms. The molecule has 0 radical (unpaired) electrons. The molecule has 782 valence electrons. The van der Waals surface area contributed by atoms with E-state index in [4.69, 9.17) is 0 Å². The predicted molar refractivity (Wildman–Crippen MR) is 605 cm³/mol. The molecule has 0 aromatic heterocycles. The highest BCUT2D eigenvalue weighted by atomic mass is 14.7. The van der Waals surface area contributed by atoms with Crippen LogP contribution in [0, 0.1) is 320 Å². The molecule has 0 saturated heterocycles. The average Bonchev–Trinajstić information content (AvgIpc) is 1.57. The van der Waals surface area contributed by atoms with Gasteiger partial charge in [-0.2, -0.15) is 0 Å². The molecule has 0 aliphatic heterocycles. The lowest BCUT2D eigenvalue weighted by atomic mass is 9.68. The molecule has 0 N–H and O–H groups in total. The topological polar surface area (TPSA) is 0 Å². The molecule has 55 unspecified atom stereocenters. The number of fused-ring (bicyclic) bond motifs is 72. The first kappa shape index (κ1) is 97.5. The van der Waals surface area contributed by atoms with Crippen LogP contribution >= 0.6 is 0 Å². The fourth-order valence-corrected chi connectivity index (χ4v) is 49.8. The molecule has 0 spiro atoms. The van der Waals surface area contributed by atoms with Gasteiger partial charge in [-0.05, 0) is 522 Å². The van der Waals surface area contributed by atoms with Gasteiger partial charge in [0.05, 0.1) is 0 Å². The van der Waals surface area contributed by atoms with E-state index >= 15 is 0 Å². The van der Waals surface area contributed by atoms with Crippen LogP contribution in [-0.4, -0.2) is 0 Å². The van der Waals surface area contributed by atoms with E-state index in [1.54, 1.807) is 132 Å². The van der Waals surface area contributed by atoms with Gasteiger partial charge in [0, 0.05) is 0 Å². The number of unbranched alkanes of at least 4 members (excludes halogenated alkanes) is 16. The molecule has 0 nitrogen and oxygen atoms in total. The van der Waals surface area contributed by atoms with Crippen molar-refractivity contribution in [3.8, 4) is 0 Å². The standard InChI is InChI=1S/C22H36.C20H24.C20H32.C19H22.C18H20.C18H28.C16H24.C12H16/c1-2-3-4-5-6-7-8-9-10-16-13-19-15-20(16)22-18-12-11-17(14-18)21(19)22;1-2-4-13(5-3-1)6-7-14-10-17-12-18(14)20-16-9-8-15(11-16)19(17)20;1-2-3-4-5-6-7-8-14-11-17-13-18(14)20-16-10-9-15(12-16)19(17)20;1-2-4-12(5-3-1)8-15-10-16-11-17(15)19-14-7-6-13(9-14)18(16)19;1-2-4-11(5-3-1)15-9-14-10-16(15)18-13-7-6-12(8-13)17(14)18;1-2-3-4-5-6-12-9-15-11-16(12)18-14-8-7-13(10-14)17(15)18;1-2-3-4-10-7-13-9-14(10)16-12-6-5-11(8-12)15(13)16;1-2-8-5-7(1)11-9-3-4-10(6-9)12(8)11/h11-12,16-22H,2-10,13-15H2,1H3;1-5,8-9,14-20H,6-7,10-12H2;9-10,14-20H,2-8,11-13H2,1H3;1-7,13-19H,8-11H2;1-7,12-18H,8-10H2;7-8,12-18H,2-6,9-11H2,1H3;5-6,10-16H,2-4,7-9H2,1H3;1-2,7-12H,3-6H2. The Morgan fingerprint density at radius 3 is 0.717 bits per heavy atom. The minimum Gasteiger partial charge on any atom is -0.0848 e. The van der Waals surface area contributed by atoms with Gasteiger partial charge in [0.2, 0.25) is 0 Å². The molecule has 0 amide bonds. The first-order valence-electron chi connectivity index (χ1n) is 66.3. The molecule has 0 heterocycles. The highest BCUT2D eigenvalue weighted by Crippen LogP contribution is 2.76. The van der Waals surface area contributed by atoms with E-state index in [2.05, 4.69) is 216 Å². The minimum absolute atomic E-state index is 0.880. The molecule has 32 bridgehead atoms. The van der Waals surface area contributed by atoms with Crippen LogP contribution in [0.5, 0.6) is 0 Å². The zero-order valence-electron chi connectivity index (χ0n) is 91.9. The van der Waals surface area contributed by atoms with Crippen LogP contribution in [0.15, 0.2) is 188 Å². The average molecular weight is 1950 g/mol. The summed E-state index contributed by atoms with van der Waals surface area (Å²) >= 11 is 0. The van der Waals surface area contributed by atoms with Crippen molar-refractivity contribution in [3.63, 3.8) is 0 Å². The van der Waals surface area contributed by atoms with Gasteiger partial charge < -0.3 is 0 Å². The lowest BCUT2D eigenvalue weighted by molar-refractivity contribution is 0.142. The third kappa shape index (κ3) is 17.8. The first-order valence-corrected chi connectivity index (χ1v) is 66.3. The fourth-order valence-electron chi connectivity index (χ4n) is 49.8. The summed E-state index contributed by atoms with van der Waals surface area (Å²) in [6, 6.07) is 33.6. The summed E-state index contributed by atoms with van der Waals surface area (Å²) < 4.78 is 0. The number of rotatable bonds is 30. The summed E-state index contributed by atoms with van der Waals surface area (Å²) in [4.78, 5) is 0. The van der Waals surface area contributed by atoms with E-state index in [1.165, 1.54) is 218 Å². The third-order valence-electron chi connectivity index (χ3n) is 53.8. The lowest BCUT2D eigenvalue weighted by Crippen LogP contribution is -2.31. The lowest BCUT2D eigenvalue weighted by Gasteiger charge is -2.37. The van der Waals surface area contributed by atoms with Crippen LogP contribution < -0.4 is 0 Å². The molecule has 0 heteroatoms. The number of allylic oxidation sites excluding steroid dienone is 16. The molecule has 55 atom stereocenters. The van der Waals surface area contributed by atoms with E-state index in [1.807, 2.05) is 0 Å². The van der Waals surface area contributed by atoms with Gasteiger partial charge in [-0.3, -0.25) is 0 Å². The number of hydrogen-bond donors (Lipinski definition) is 0. The van der Waals surface area contributed by atoms with Crippen molar-refractivity contribution in [2.24, 2.45) is 320 Å². The van der Waals surface area contributed by atoms with Gasteiger partial charge in [-0.15, -0.1) is 0 Å². The van der Waals surface area contributed by atoms with Crippen LogP contribution in [0.1, 0.15) is 371 Å². The maximum atomic E-state index is 2.60. The van der Waals surface area contributed by atoms with E-state index < -0.39 is 0 Å². The Hall–Kier alpha value is -4.42. The highest BCUT2D eigenvalue weighted by Gasteiger charge is 2.69. The fraction of sp³-hybridized carbons (Fsp3) is 0.766. The van der Waals surface area contributed by atoms with Gasteiger partial charge in [-0.1, -0.05) is 370 Å². The minimum atomic E-state index is 0.880. The summed E-state index contributed by atoms with van der Waals surface area (Å²) in [5.74, 6) is 58.9. The largest absolute Gasteiger partial charge is 0.0848 e. The predicted octanol–water partition coefficient (Wildman–Crippen LogP) is 37.9. The molecule has 3 aromatic carbocycles. The summed E-state index contributed by atoms with van der Waals surface area (Å²) in [5, 5.41) is 0. The smallest absolute Gasteiger partial charge is 0.0128 e. The second-order valence-electron chi connectivity index (χ2n) is 59.5. The van der Waals surface area contributed by atoms with Crippen molar-refractivity contribution >= 4 is 0 Å². The van der Waals surface area contributed by atoms with Crippen LogP contribution in [0.2, 0.25) is 0 Å². The van der Waals surface area contributed by atoms with E-state index in [9.17, 15) is 0 Å². The van der Waals surface area contributed by atoms with Crippen molar-refractivity contribution < 1.29 is 0 Å².